The third-order valence-electron chi connectivity index (χ3n) is 1.70. The van der Waals surface area contributed by atoms with Gasteiger partial charge < -0.3 is 24.4 Å². The molecule has 1 aromatic rings. The average molecular weight is 231 g/mol. The molecule has 0 aliphatic rings. The normalized spacial score (nSPS) is 12.1. The molecule has 1 atom stereocenters. The van der Waals surface area contributed by atoms with Crippen LogP contribution in [0.3, 0.4) is 0 Å². The van der Waals surface area contributed by atoms with Crippen molar-refractivity contribution < 1.29 is 28.3 Å². The maximum Gasteiger partial charge on any atom is 0.519 e. The van der Waals surface area contributed by atoms with Crippen LogP contribution >= 0.6 is 0 Å². The van der Waals surface area contributed by atoms with Crippen molar-refractivity contribution >= 4 is 11.9 Å². The van der Waals surface area contributed by atoms with Gasteiger partial charge in [0.2, 0.25) is 6.04 Å². The first-order valence-electron chi connectivity index (χ1n) is 4.16. The van der Waals surface area contributed by atoms with E-state index in [0.717, 1.165) is 0 Å². The van der Waals surface area contributed by atoms with Crippen molar-refractivity contribution in [3.8, 4) is 0 Å². The van der Waals surface area contributed by atoms with E-state index in [1.807, 2.05) is 0 Å². The van der Waals surface area contributed by atoms with Gasteiger partial charge in [0.1, 0.15) is 0 Å². The van der Waals surface area contributed by atoms with Crippen LogP contribution in [0.2, 0.25) is 0 Å². The molecule has 0 bridgehead atoms. The van der Waals surface area contributed by atoms with Crippen molar-refractivity contribution in [3.63, 3.8) is 0 Å². The zero-order valence-electron chi connectivity index (χ0n) is 8.26. The molecule has 0 aliphatic carbocycles. The molecule has 0 aliphatic heterocycles. The Morgan fingerprint density at radius 3 is 2.56 bits per heavy atom. The number of carbonyl (C=O) groups excluding carboxylic acids is 1. The van der Waals surface area contributed by atoms with Gasteiger partial charge in [-0.3, -0.25) is 0 Å². The fourth-order valence-electron chi connectivity index (χ4n) is 0.834. The lowest BCUT2D eigenvalue weighted by atomic mass is 10.3. The average Bonchev–Trinajstić information content (AvgIpc) is 2.52. The molecule has 1 heterocycles. The molecule has 3 N–H and O–H groups in total. The van der Waals surface area contributed by atoms with E-state index in [0.29, 0.717) is 0 Å². The molecule has 1 unspecified atom stereocenters. The number of hydrogen-bond donors (Lipinski definition) is 2. The van der Waals surface area contributed by atoms with Gasteiger partial charge in [-0.15, -0.1) is 0 Å². The molecule has 0 saturated carbocycles. The maximum absolute atomic E-state index is 11.0. The monoisotopic (exact) mass is 231 g/mol. The molecule has 8 heteroatoms. The number of ether oxygens (including phenoxy) is 1. The van der Waals surface area contributed by atoms with Crippen molar-refractivity contribution in [2.45, 2.75) is 19.6 Å². The Kier molecular flexibility index (Phi) is 3.46. The number of esters is 1. The van der Waals surface area contributed by atoms with Crippen LogP contribution in [-0.2, 0) is 20.9 Å². The first-order valence-corrected chi connectivity index (χ1v) is 4.16. The van der Waals surface area contributed by atoms with E-state index >= 15 is 0 Å². The largest absolute Gasteiger partial charge is 0.519 e. The van der Waals surface area contributed by atoms with Crippen LogP contribution in [0.1, 0.15) is 11.5 Å². The molecule has 1 rings (SSSR count). The molecule has 0 radical (unpaired) electrons. The van der Waals surface area contributed by atoms with Crippen molar-refractivity contribution in [2.24, 2.45) is 5.73 Å². The number of carboxylic acids is 1. The number of carboxylic acid groups (broad SMARTS) is 1. The van der Waals surface area contributed by atoms with Crippen LogP contribution in [0.15, 0.2) is 13.6 Å². The fourth-order valence-corrected chi connectivity index (χ4v) is 0.834. The summed E-state index contributed by atoms with van der Waals surface area (Å²) in [4.78, 5) is 31.9. The summed E-state index contributed by atoms with van der Waals surface area (Å²) in [6.45, 7) is 1.03. The second-order valence-electron chi connectivity index (χ2n) is 2.86. The van der Waals surface area contributed by atoms with E-state index in [1.54, 1.807) is 0 Å². The van der Waals surface area contributed by atoms with Crippen LogP contribution in [-0.4, -0.2) is 23.1 Å². The van der Waals surface area contributed by atoms with Gasteiger partial charge >= 0.3 is 17.8 Å². The zero-order chi connectivity index (χ0) is 12.3. The Morgan fingerprint density at radius 1 is 1.50 bits per heavy atom. The van der Waals surface area contributed by atoms with E-state index < -0.39 is 30.4 Å². The molecule has 1 aromatic heterocycles. The number of rotatable bonds is 4. The Hall–Kier alpha value is -2.09. The molecular weight excluding hydrogens is 222 g/mol. The summed E-state index contributed by atoms with van der Waals surface area (Å²) in [5.74, 6) is -3.39. The van der Waals surface area contributed by atoms with Gasteiger partial charge in [-0.2, -0.15) is 0 Å². The van der Waals surface area contributed by atoms with Gasteiger partial charge in [-0.05, 0) is 6.92 Å². The highest BCUT2D eigenvalue weighted by Crippen LogP contribution is 2.06. The molecule has 88 valence electrons. The van der Waals surface area contributed by atoms with Crippen LogP contribution in [0.25, 0.3) is 0 Å². The Balaban J connectivity index is 2.58. The van der Waals surface area contributed by atoms with Crippen LogP contribution in [0.5, 0.6) is 0 Å². The van der Waals surface area contributed by atoms with E-state index in [1.165, 1.54) is 6.92 Å². The molecule has 0 spiro atoms. The Labute approximate surface area is 88.6 Å². The fraction of sp³-hybridized carbons (Fsp3) is 0.375. The number of hydrogen-bond acceptors (Lipinski definition) is 7. The van der Waals surface area contributed by atoms with E-state index in [4.69, 9.17) is 10.8 Å². The number of carbonyl (C=O) groups is 2. The lowest BCUT2D eigenvalue weighted by Crippen LogP contribution is -2.39. The molecule has 16 heavy (non-hydrogen) atoms. The number of aliphatic carboxylic acids is 1. The summed E-state index contributed by atoms with van der Waals surface area (Å²) >= 11 is 0. The van der Waals surface area contributed by atoms with Crippen molar-refractivity contribution in [2.75, 3.05) is 0 Å². The lowest BCUT2D eigenvalue weighted by Gasteiger charge is -2.05. The van der Waals surface area contributed by atoms with E-state index in [2.05, 4.69) is 13.6 Å². The van der Waals surface area contributed by atoms with Crippen LogP contribution < -0.4 is 11.6 Å². The second kappa shape index (κ2) is 4.62. The summed E-state index contributed by atoms with van der Waals surface area (Å²) in [5, 5.41) is 8.39. The van der Waals surface area contributed by atoms with Gasteiger partial charge in [0.25, 0.3) is 0 Å². The van der Waals surface area contributed by atoms with Crippen molar-refractivity contribution in [1.82, 2.24) is 0 Å². The number of aryl methyl sites for hydroxylation is 1. The highest BCUT2D eigenvalue weighted by molar-refractivity contribution is 5.97. The summed E-state index contributed by atoms with van der Waals surface area (Å²) in [7, 11) is 0. The summed E-state index contributed by atoms with van der Waals surface area (Å²) < 4.78 is 13.5. The third-order valence-corrected chi connectivity index (χ3v) is 1.70. The minimum Gasteiger partial charge on any atom is -0.480 e. The topological polar surface area (TPSA) is 133 Å². The smallest absolute Gasteiger partial charge is 0.480 e. The summed E-state index contributed by atoms with van der Waals surface area (Å²) in [5.41, 5.74) is 4.98. The first-order chi connectivity index (χ1) is 7.41. The van der Waals surface area contributed by atoms with Gasteiger partial charge in [0.05, 0.1) is 0 Å². The van der Waals surface area contributed by atoms with E-state index in [-0.39, 0.29) is 11.5 Å². The molecule has 0 amide bonds. The molecule has 0 fully saturated rings. The van der Waals surface area contributed by atoms with Crippen LogP contribution in [0, 0.1) is 6.92 Å². The number of nitrogens with two attached hydrogens (primary N) is 1. The molecule has 0 saturated heterocycles. The molecular formula is C8H9NO7. The Bertz CT molecular complexity index is 457. The maximum atomic E-state index is 11.0. The van der Waals surface area contributed by atoms with Gasteiger partial charge in [-0.25, -0.2) is 14.4 Å². The standard InChI is InChI=1S/C8H9NO7/c1-3-4(16-8(13)15-3)2-14-7(12)5(9)6(10)11/h5H,2,9H2,1H3,(H,10,11). The molecule has 0 aromatic carbocycles. The van der Waals surface area contributed by atoms with Crippen LogP contribution in [0.4, 0.5) is 0 Å². The second-order valence-corrected chi connectivity index (χ2v) is 2.86. The summed E-state index contributed by atoms with van der Waals surface area (Å²) in [6, 6.07) is -1.76. The van der Waals surface area contributed by atoms with E-state index in [9.17, 15) is 14.4 Å². The van der Waals surface area contributed by atoms with Crippen molar-refractivity contribution in [1.29, 1.82) is 0 Å². The first kappa shape index (κ1) is 12.0. The minimum atomic E-state index is -1.76. The van der Waals surface area contributed by atoms with Gasteiger partial charge in [0, 0.05) is 0 Å². The minimum absolute atomic E-state index is 0.0101. The predicted molar refractivity (Wildman–Crippen MR) is 47.4 cm³/mol. The zero-order valence-corrected chi connectivity index (χ0v) is 8.26. The van der Waals surface area contributed by atoms with Gasteiger partial charge in [0.15, 0.2) is 18.1 Å². The Morgan fingerprint density at radius 2 is 2.12 bits per heavy atom. The third kappa shape index (κ3) is 2.70. The lowest BCUT2D eigenvalue weighted by molar-refractivity contribution is -0.155. The SMILES string of the molecule is Cc1oc(=O)oc1COC(=O)C(N)C(=O)O. The highest BCUT2D eigenvalue weighted by Gasteiger charge is 2.23. The van der Waals surface area contributed by atoms with Crippen molar-refractivity contribution in [3.05, 3.63) is 22.1 Å². The molecule has 8 nitrogen and oxygen atoms in total. The van der Waals surface area contributed by atoms with Gasteiger partial charge in [-0.1, -0.05) is 0 Å². The highest BCUT2D eigenvalue weighted by atomic mass is 16.6. The predicted octanol–water partition coefficient (Wildman–Crippen LogP) is -1.00. The summed E-state index contributed by atoms with van der Waals surface area (Å²) in [6.07, 6.45) is 0. The quantitative estimate of drug-likeness (QED) is 0.497.